The minimum Gasteiger partial charge on any atom is -0.465 e. The van der Waals surface area contributed by atoms with E-state index in [1.54, 1.807) is 0 Å². The predicted octanol–water partition coefficient (Wildman–Crippen LogP) is 3.17. The molecule has 0 radical (unpaired) electrons. The number of hydrogen-bond donors (Lipinski definition) is 0. The predicted molar refractivity (Wildman–Crippen MR) is 73.1 cm³/mol. The smallest absolute Gasteiger partial charge is 0.337 e. The number of ketones is 1. The third-order valence-corrected chi connectivity index (χ3v) is 3.80. The van der Waals surface area contributed by atoms with Crippen molar-refractivity contribution in [3.05, 3.63) is 35.4 Å². The molecule has 0 bridgehead atoms. The van der Waals surface area contributed by atoms with Crippen molar-refractivity contribution in [1.29, 1.82) is 0 Å². The Bertz CT molecular complexity index is 448. The number of Topliss-reactive ketones (excluding diaryl/α,β-unsaturated/α-hetero) is 1. The van der Waals surface area contributed by atoms with Crippen molar-refractivity contribution in [3.8, 4) is 0 Å². The number of esters is 1. The maximum Gasteiger partial charge on any atom is 0.337 e. The normalized spacial score (nSPS) is 19.8. The van der Waals surface area contributed by atoms with Gasteiger partial charge in [0.25, 0.3) is 0 Å². The molecule has 1 unspecified atom stereocenters. The molecular weight excluding hydrogens is 240 g/mol. The lowest BCUT2D eigenvalue weighted by Gasteiger charge is -2.13. The summed E-state index contributed by atoms with van der Waals surface area (Å²) in [5.74, 6) is 0.700. The van der Waals surface area contributed by atoms with Crippen LogP contribution >= 0.6 is 0 Å². The summed E-state index contributed by atoms with van der Waals surface area (Å²) < 4.78 is 4.68. The van der Waals surface area contributed by atoms with Gasteiger partial charge in [0, 0.05) is 12.8 Å². The van der Waals surface area contributed by atoms with Crippen molar-refractivity contribution in [2.45, 2.75) is 38.5 Å². The first-order valence-electron chi connectivity index (χ1n) is 6.88. The first kappa shape index (κ1) is 13.8. The number of hydrogen-bond acceptors (Lipinski definition) is 3. The second kappa shape index (κ2) is 6.50. The maximum absolute atomic E-state index is 11.4. The first-order chi connectivity index (χ1) is 9.19. The fourth-order valence-electron chi connectivity index (χ4n) is 2.65. The Morgan fingerprint density at radius 2 is 1.95 bits per heavy atom. The average Bonchev–Trinajstić information content (AvgIpc) is 2.64. The molecule has 0 saturated heterocycles. The van der Waals surface area contributed by atoms with Gasteiger partial charge in [-0.1, -0.05) is 12.1 Å². The van der Waals surface area contributed by atoms with Gasteiger partial charge in [-0.2, -0.15) is 0 Å². The standard InChI is InChI=1S/C16H20O3/c1-19-16(18)14-8-5-13(6-9-14)11-12-3-2-4-15(17)10-7-12/h5-6,8-9,12H,2-4,7,10-11H2,1H3. The molecule has 1 aromatic carbocycles. The average molecular weight is 260 g/mol. The number of carbonyl (C=O) groups excluding carboxylic acids is 2. The zero-order valence-electron chi connectivity index (χ0n) is 11.4. The Labute approximate surface area is 114 Å². The summed E-state index contributed by atoms with van der Waals surface area (Å²) in [6, 6.07) is 7.59. The van der Waals surface area contributed by atoms with Crippen LogP contribution in [0.15, 0.2) is 24.3 Å². The molecule has 1 aromatic rings. The van der Waals surface area contributed by atoms with E-state index >= 15 is 0 Å². The van der Waals surface area contributed by atoms with Gasteiger partial charge in [0.15, 0.2) is 0 Å². The van der Waals surface area contributed by atoms with Crippen LogP contribution in [0.4, 0.5) is 0 Å². The van der Waals surface area contributed by atoms with Crippen molar-refractivity contribution < 1.29 is 14.3 Å². The number of benzene rings is 1. The Morgan fingerprint density at radius 1 is 1.21 bits per heavy atom. The summed E-state index contributed by atoms with van der Waals surface area (Å²) in [6.07, 6.45) is 5.61. The molecule has 102 valence electrons. The van der Waals surface area contributed by atoms with Crippen LogP contribution in [0.3, 0.4) is 0 Å². The third kappa shape index (κ3) is 3.91. The number of rotatable bonds is 3. The van der Waals surface area contributed by atoms with E-state index in [0.717, 1.165) is 38.5 Å². The summed E-state index contributed by atoms with van der Waals surface area (Å²) in [6.45, 7) is 0. The number of ether oxygens (including phenoxy) is 1. The van der Waals surface area contributed by atoms with Gasteiger partial charge in [0.1, 0.15) is 5.78 Å². The van der Waals surface area contributed by atoms with Crippen LogP contribution in [0.1, 0.15) is 48.0 Å². The molecule has 0 N–H and O–H groups in total. The molecule has 3 nitrogen and oxygen atoms in total. The van der Waals surface area contributed by atoms with E-state index in [1.165, 1.54) is 12.7 Å². The molecule has 19 heavy (non-hydrogen) atoms. The van der Waals surface area contributed by atoms with E-state index in [2.05, 4.69) is 4.74 Å². The Balaban J connectivity index is 1.95. The molecule has 0 aliphatic heterocycles. The minimum atomic E-state index is -0.299. The molecule has 1 aliphatic carbocycles. The lowest BCUT2D eigenvalue weighted by molar-refractivity contribution is -0.118. The van der Waals surface area contributed by atoms with Crippen LogP contribution in [0.25, 0.3) is 0 Å². The zero-order valence-corrected chi connectivity index (χ0v) is 11.4. The molecule has 2 rings (SSSR count). The Kier molecular flexibility index (Phi) is 4.72. The Morgan fingerprint density at radius 3 is 2.63 bits per heavy atom. The van der Waals surface area contributed by atoms with Gasteiger partial charge in [-0.25, -0.2) is 4.79 Å². The van der Waals surface area contributed by atoms with Crippen LogP contribution in [0, 0.1) is 5.92 Å². The summed E-state index contributed by atoms with van der Waals surface area (Å²) in [5.41, 5.74) is 1.81. The van der Waals surface area contributed by atoms with E-state index in [9.17, 15) is 9.59 Å². The van der Waals surface area contributed by atoms with Crippen LogP contribution < -0.4 is 0 Å². The van der Waals surface area contributed by atoms with Crippen molar-refractivity contribution >= 4 is 11.8 Å². The third-order valence-electron chi connectivity index (χ3n) is 3.80. The van der Waals surface area contributed by atoms with Gasteiger partial charge in [-0.15, -0.1) is 0 Å². The van der Waals surface area contributed by atoms with Crippen molar-refractivity contribution in [2.75, 3.05) is 7.11 Å². The number of methoxy groups -OCH3 is 1. The van der Waals surface area contributed by atoms with Crippen molar-refractivity contribution in [3.63, 3.8) is 0 Å². The van der Waals surface area contributed by atoms with Crippen LogP contribution in [0.2, 0.25) is 0 Å². The highest BCUT2D eigenvalue weighted by molar-refractivity contribution is 5.89. The second-order valence-corrected chi connectivity index (χ2v) is 5.23. The highest BCUT2D eigenvalue weighted by Gasteiger charge is 2.17. The molecule has 0 heterocycles. The second-order valence-electron chi connectivity index (χ2n) is 5.23. The van der Waals surface area contributed by atoms with Gasteiger partial charge in [0.05, 0.1) is 12.7 Å². The van der Waals surface area contributed by atoms with E-state index in [1.807, 2.05) is 24.3 Å². The van der Waals surface area contributed by atoms with E-state index in [4.69, 9.17) is 0 Å². The van der Waals surface area contributed by atoms with E-state index in [0.29, 0.717) is 17.3 Å². The lowest BCUT2D eigenvalue weighted by atomic mass is 9.92. The largest absolute Gasteiger partial charge is 0.465 e. The molecule has 0 amide bonds. The maximum atomic E-state index is 11.4. The van der Waals surface area contributed by atoms with Gasteiger partial charge >= 0.3 is 5.97 Å². The molecule has 1 aliphatic rings. The van der Waals surface area contributed by atoms with Crippen molar-refractivity contribution in [2.24, 2.45) is 5.92 Å². The number of carbonyl (C=O) groups is 2. The molecule has 1 fully saturated rings. The van der Waals surface area contributed by atoms with Gasteiger partial charge < -0.3 is 4.74 Å². The fraction of sp³-hybridized carbons (Fsp3) is 0.500. The lowest BCUT2D eigenvalue weighted by Crippen LogP contribution is -2.05. The summed E-state index contributed by atoms with van der Waals surface area (Å²) in [4.78, 5) is 22.7. The highest BCUT2D eigenvalue weighted by atomic mass is 16.5. The first-order valence-corrected chi connectivity index (χ1v) is 6.88. The van der Waals surface area contributed by atoms with Crippen LogP contribution in [-0.4, -0.2) is 18.9 Å². The Hall–Kier alpha value is -1.64. The molecule has 1 atom stereocenters. The quantitative estimate of drug-likeness (QED) is 0.619. The summed E-state index contributed by atoms with van der Waals surface area (Å²) in [7, 11) is 1.39. The fourth-order valence-corrected chi connectivity index (χ4v) is 2.65. The van der Waals surface area contributed by atoms with E-state index < -0.39 is 0 Å². The van der Waals surface area contributed by atoms with Crippen molar-refractivity contribution in [1.82, 2.24) is 0 Å². The summed E-state index contributed by atoms with van der Waals surface area (Å²) >= 11 is 0. The summed E-state index contributed by atoms with van der Waals surface area (Å²) in [5, 5.41) is 0. The molecule has 1 saturated carbocycles. The van der Waals surface area contributed by atoms with Crippen LogP contribution in [-0.2, 0) is 16.0 Å². The highest BCUT2D eigenvalue weighted by Crippen LogP contribution is 2.24. The topological polar surface area (TPSA) is 43.4 Å². The van der Waals surface area contributed by atoms with Gasteiger partial charge in [0.2, 0.25) is 0 Å². The molecule has 3 heteroatoms. The molecule has 0 spiro atoms. The van der Waals surface area contributed by atoms with Gasteiger partial charge in [-0.05, 0) is 49.3 Å². The van der Waals surface area contributed by atoms with Gasteiger partial charge in [-0.3, -0.25) is 4.79 Å². The van der Waals surface area contributed by atoms with Crippen LogP contribution in [0.5, 0.6) is 0 Å². The SMILES string of the molecule is COC(=O)c1ccc(CC2CCCC(=O)CC2)cc1. The molecule has 0 aromatic heterocycles. The molecular formula is C16H20O3. The zero-order chi connectivity index (χ0) is 13.7. The minimum absolute atomic E-state index is 0.299. The monoisotopic (exact) mass is 260 g/mol. The van der Waals surface area contributed by atoms with E-state index in [-0.39, 0.29) is 5.97 Å².